The van der Waals surface area contributed by atoms with E-state index >= 15 is 0 Å². The number of nitrogens with one attached hydrogen (secondary N) is 2. The number of hydrogen-bond donors (Lipinski definition) is 2. The molecule has 1 heterocycles. The third-order valence-electron chi connectivity index (χ3n) is 5.37. The van der Waals surface area contributed by atoms with E-state index in [1.54, 1.807) is 12.1 Å². The maximum Gasteiger partial charge on any atom is 0.417 e. The minimum Gasteiger partial charge on any atom is -0.385 e. The van der Waals surface area contributed by atoms with Crippen molar-refractivity contribution in [1.82, 2.24) is 9.97 Å². The number of rotatable bonds is 8. The predicted molar refractivity (Wildman–Crippen MR) is 136 cm³/mol. The maximum atomic E-state index is 13.7. The molecule has 0 atom stereocenters. The van der Waals surface area contributed by atoms with Crippen molar-refractivity contribution < 1.29 is 13.2 Å². The van der Waals surface area contributed by atoms with E-state index in [2.05, 4.69) is 34.1 Å². The number of para-hydroxylation sites is 1. The molecule has 0 spiro atoms. The van der Waals surface area contributed by atoms with Crippen molar-refractivity contribution in [3.05, 3.63) is 103 Å². The topological polar surface area (TPSA) is 49.8 Å². The second kappa shape index (κ2) is 10.4. The van der Waals surface area contributed by atoms with Crippen LogP contribution in [0.1, 0.15) is 24.5 Å². The molecule has 0 saturated heterocycles. The summed E-state index contributed by atoms with van der Waals surface area (Å²) in [4.78, 5) is 8.95. The highest BCUT2D eigenvalue weighted by molar-refractivity contribution is 5.82. The molecule has 4 nitrogen and oxygen atoms in total. The fourth-order valence-corrected chi connectivity index (χ4v) is 3.70. The molecule has 0 saturated carbocycles. The predicted octanol–water partition coefficient (Wildman–Crippen LogP) is 7.73. The average molecular weight is 475 g/mol. The molecule has 7 heteroatoms. The van der Waals surface area contributed by atoms with Crippen molar-refractivity contribution in [1.29, 1.82) is 0 Å². The summed E-state index contributed by atoms with van der Waals surface area (Å²) in [5.41, 5.74) is 2.71. The Labute approximate surface area is 202 Å². The summed E-state index contributed by atoms with van der Waals surface area (Å²) < 4.78 is 41.2. The van der Waals surface area contributed by atoms with Gasteiger partial charge in [0.15, 0.2) is 5.82 Å². The van der Waals surface area contributed by atoms with Crippen molar-refractivity contribution in [2.45, 2.75) is 19.5 Å². The number of benzene rings is 3. The van der Waals surface area contributed by atoms with E-state index in [-0.39, 0.29) is 11.4 Å². The Balaban J connectivity index is 1.79. The number of nitrogens with zero attached hydrogens (tertiary/aromatic N) is 2. The molecule has 0 unspecified atom stereocenters. The summed E-state index contributed by atoms with van der Waals surface area (Å²) in [5, 5.41) is 6.56. The highest BCUT2D eigenvalue weighted by atomic mass is 19.4. The van der Waals surface area contributed by atoms with Crippen LogP contribution in [0.2, 0.25) is 0 Å². The van der Waals surface area contributed by atoms with Crippen molar-refractivity contribution >= 4 is 17.2 Å². The minimum absolute atomic E-state index is 0.0213. The first-order chi connectivity index (χ1) is 16.9. The number of hydrogen-bond acceptors (Lipinski definition) is 4. The van der Waals surface area contributed by atoms with Gasteiger partial charge < -0.3 is 10.6 Å². The lowest BCUT2D eigenvalue weighted by Gasteiger charge is -2.17. The van der Waals surface area contributed by atoms with Gasteiger partial charge in [0.1, 0.15) is 5.82 Å². The standard InChI is InChI=1S/C28H25F3N4/c1-3-17-32-24-16-10-8-13-21(24)19(2)33-26-18-25(20-11-5-4-6-12-20)34-27(35-26)22-14-7-9-15-23(22)28(29,30)31/h4-16,18,32H,2-3,17H2,1H3,(H,33,34,35). The highest BCUT2D eigenvalue weighted by Crippen LogP contribution is 2.37. The molecule has 0 bridgehead atoms. The molecule has 1 aromatic heterocycles. The van der Waals surface area contributed by atoms with E-state index in [0.717, 1.165) is 35.8 Å². The molecule has 3 aromatic carbocycles. The quantitative estimate of drug-likeness (QED) is 0.274. The monoisotopic (exact) mass is 474 g/mol. The zero-order valence-corrected chi connectivity index (χ0v) is 19.2. The van der Waals surface area contributed by atoms with E-state index in [1.807, 2.05) is 54.6 Å². The van der Waals surface area contributed by atoms with E-state index in [0.29, 0.717) is 17.2 Å². The first-order valence-corrected chi connectivity index (χ1v) is 11.3. The Hall–Kier alpha value is -4.13. The minimum atomic E-state index is -4.54. The van der Waals surface area contributed by atoms with Crippen LogP contribution in [0, 0.1) is 0 Å². The summed E-state index contributed by atoms with van der Waals surface area (Å²) in [7, 11) is 0. The molecule has 35 heavy (non-hydrogen) atoms. The van der Waals surface area contributed by atoms with Gasteiger partial charge in [-0.25, -0.2) is 9.97 Å². The molecule has 4 rings (SSSR count). The van der Waals surface area contributed by atoms with Gasteiger partial charge in [-0.3, -0.25) is 0 Å². The largest absolute Gasteiger partial charge is 0.417 e. The average Bonchev–Trinajstić information content (AvgIpc) is 2.87. The second-order valence-corrected chi connectivity index (χ2v) is 7.95. The van der Waals surface area contributed by atoms with Crippen molar-refractivity contribution in [2.24, 2.45) is 0 Å². The molecule has 2 N–H and O–H groups in total. The molecular formula is C28H25F3N4. The van der Waals surface area contributed by atoms with Gasteiger partial charge in [-0.15, -0.1) is 0 Å². The summed E-state index contributed by atoms with van der Waals surface area (Å²) in [6, 6.07) is 24.0. The Kier molecular flexibility index (Phi) is 7.15. The van der Waals surface area contributed by atoms with Gasteiger partial charge in [0.05, 0.1) is 11.3 Å². The smallest absolute Gasteiger partial charge is 0.385 e. The van der Waals surface area contributed by atoms with Crippen LogP contribution >= 0.6 is 0 Å². The van der Waals surface area contributed by atoms with Crippen molar-refractivity contribution in [3.63, 3.8) is 0 Å². The number of alkyl halides is 3. The van der Waals surface area contributed by atoms with Crippen LogP contribution in [0.15, 0.2) is 91.5 Å². The van der Waals surface area contributed by atoms with Crippen molar-refractivity contribution in [2.75, 3.05) is 17.2 Å². The van der Waals surface area contributed by atoms with E-state index < -0.39 is 11.7 Å². The molecule has 0 amide bonds. The third kappa shape index (κ3) is 5.69. The molecule has 0 radical (unpaired) electrons. The Morgan fingerprint density at radius 2 is 1.57 bits per heavy atom. The van der Waals surface area contributed by atoms with E-state index in [1.165, 1.54) is 12.1 Å². The Morgan fingerprint density at radius 3 is 2.31 bits per heavy atom. The molecule has 178 valence electrons. The number of halogens is 3. The second-order valence-electron chi connectivity index (χ2n) is 7.95. The molecule has 0 aliphatic rings. The maximum absolute atomic E-state index is 13.7. The van der Waals surface area contributed by atoms with Crippen LogP contribution in [-0.2, 0) is 6.18 Å². The van der Waals surface area contributed by atoms with E-state index in [9.17, 15) is 13.2 Å². The Morgan fingerprint density at radius 1 is 0.886 bits per heavy atom. The van der Waals surface area contributed by atoms with Gasteiger partial charge in [-0.05, 0) is 18.6 Å². The first kappa shape index (κ1) is 24.0. The third-order valence-corrected chi connectivity index (χ3v) is 5.37. The van der Waals surface area contributed by atoms with Crippen LogP contribution in [0.25, 0.3) is 28.3 Å². The van der Waals surface area contributed by atoms with Crippen LogP contribution in [0.5, 0.6) is 0 Å². The number of anilines is 2. The van der Waals surface area contributed by atoms with Gasteiger partial charge in [0.2, 0.25) is 0 Å². The fourth-order valence-electron chi connectivity index (χ4n) is 3.70. The number of aromatic nitrogens is 2. The van der Waals surface area contributed by atoms with Crippen molar-refractivity contribution in [3.8, 4) is 22.6 Å². The molecule has 4 aromatic rings. The summed E-state index contributed by atoms with van der Waals surface area (Å²) in [6.07, 6.45) is -3.58. The zero-order valence-electron chi connectivity index (χ0n) is 19.2. The van der Waals surface area contributed by atoms with Gasteiger partial charge in [0.25, 0.3) is 0 Å². The molecule has 0 fully saturated rings. The van der Waals surface area contributed by atoms with Crippen LogP contribution in [0.4, 0.5) is 24.7 Å². The lowest BCUT2D eigenvalue weighted by atomic mass is 10.1. The highest BCUT2D eigenvalue weighted by Gasteiger charge is 2.34. The lowest BCUT2D eigenvalue weighted by Crippen LogP contribution is -2.10. The van der Waals surface area contributed by atoms with Gasteiger partial charge in [-0.2, -0.15) is 13.2 Å². The zero-order chi connectivity index (χ0) is 24.8. The normalized spacial score (nSPS) is 11.2. The van der Waals surface area contributed by atoms with E-state index in [4.69, 9.17) is 0 Å². The first-order valence-electron chi connectivity index (χ1n) is 11.3. The Bertz CT molecular complexity index is 1320. The summed E-state index contributed by atoms with van der Waals surface area (Å²) in [5.74, 6) is 0.327. The van der Waals surface area contributed by atoms with Gasteiger partial charge in [-0.1, -0.05) is 80.2 Å². The van der Waals surface area contributed by atoms with Gasteiger partial charge in [0, 0.05) is 40.7 Å². The van der Waals surface area contributed by atoms with Gasteiger partial charge >= 0.3 is 6.18 Å². The fraction of sp³-hybridized carbons (Fsp3) is 0.143. The van der Waals surface area contributed by atoms with Crippen LogP contribution < -0.4 is 10.6 Å². The molecule has 0 aliphatic heterocycles. The van der Waals surface area contributed by atoms with Crippen LogP contribution in [0.3, 0.4) is 0 Å². The molecule has 0 aliphatic carbocycles. The molecular weight excluding hydrogens is 449 g/mol. The lowest BCUT2D eigenvalue weighted by molar-refractivity contribution is -0.137. The SMILES string of the molecule is C=C(Nc1cc(-c2ccccc2)nc(-c2ccccc2C(F)(F)F)n1)c1ccccc1NCCC. The van der Waals surface area contributed by atoms with Crippen LogP contribution in [-0.4, -0.2) is 16.5 Å². The summed E-state index contributed by atoms with van der Waals surface area (Å²) >= 11 is 0. The summed E-state index contributed by atoms with van der Waals surface area (Å²) in [6.45, 7) is 7.04.